The predicted molar refractivity (Wildman–Crippen MR) is 155 cm³/mol. The molecule has 2 fully saturated rings. The van der Waals surface area contributed by atoms with Gasteiger partial charge in [-0.25, -0.2) is 9.97 Å². The molecule has 1 aromatic carbocycles. The Hall–Kier alpha value is -4.42. The van der Waals surface area contributed by atoms with Gasteiger partial charge < -0.3 is 21.3 Å². The van der Waals surface area contributed by atoms with Crippen molar-refractivity contribution in [2.24, 2.45) is 0 Å². The maximum Gasteiger partial charge on any atom is 0.268 e. The largest absolute Gasteiger partial charge is 0.398 e. The summed E-state index contributed by atoms with van der Waals surface area (Å²) in [7, 11) is 0. The van der Waals surface area contributed by atoms with Crippen LogP contribution in [0.1, 0.15) is 48.4 Å². The summed E-state index contributed by atoms with van der Waals surface area (Å²) in [6, 6.07) is 11.5. The van der Waals surface area contributed by atoms with Gasteiger partial charge in [-0.15, -0.1) is 0 Å². The van der Waals surface area contributed by atoms with Crippen molar-refractivity contribution in [2.45, 2.75) is 38.6 Å². The second kappa shape index (κ2) is 10.8. The topological polar surface area (TPSA) is 114 Å². The minimum Gasteiger partial charge on any atom is -0.398 e. The van der Waals surface area contributed by atoms with E-state index in [2.05, 4.69) is 43.4 Å². The summed E-state index contributed by atoms with van der Waals surface area (Å²) in [5.41, 5.74) is 10.2. The fourth-order valence-electron chi connectivity index (χ4n) is 5.47. The average molecular weight is 521 g/mol. The van der Waals surface area contributed by atoms with E-state index in [9.17, 15) is 4.79 Å². The number of anilines is 4. The molecule has 1 aliphatic heterocycles. The summed E-state index contributed by atoms with van der Waals surface area (Å²) in [6.45, 7) is 5.78. The van der Waals surface area contributed by atoms with Crippen molar-refractivity contribution in [3.05, 3.63) is 75.8 Å². The summed E-state index contributed by atoms with van der Waals surface area (Å²) in [5.74, 6) is 7.30. The Labute approximate surface area is 227 Å². The van der Waals surface area contributed by atoms with Gasteiger partial charge in [0.05, 0.1) is 17.4 Å². The third-order valence-electron chi connectivity index (χ3n) is 7.65. The lowest BCUT2D eigenvalue weighted by Gasteiger charge is -2.29. The highest BCUT2D eigenvalue weighted by molar-refractivity contribution is 5.82. The number of para-hydroxylation sites is 1. The molecule has 0 bridgehead atoms. The van der Waals surface area contributed by atoms with Gasteiger partial charge in [0, 0.05) is 55.1 Å². The Balaban J connectivity index is 1.37. The van der Waals surface area contributed by atoms with E-state index in [0.717, 1.165) is 68.5 Å². The molecule has 3 aromatic heterocycles. The first-order chi connectivity index (χ1) is 19.1. The number of aryl methyl sites for hydroxylation is 1. The van der Waals surface area contributed by atoms with Crippen molar-refractivity contribution >= 4 is 34.2 Å². The smallest absolute Gasteiger partial charge is 0.268 e. The first kappa shape index (κ1) is 24.9. The van der Waals surface area contributed by atoms with Gasteiger partial charge in [0.1, 0.15) is 11.5 Å². The van der Waals surface area contributed by atoms with Crippen molar-refractivity contribution in [3.8, 4) is 11.8 Å². The molecule has 4 N–H and O–H groups in total. The fourth-order valence-corrected chi connectivity index (χ4v) is 5.47. The van der Waals surface area contributed by atoms with Crippen molar-refractivity contribution < 1.29 is 0 Å². The SMILES string of the molecule is Cc1c(C#Cc2ccccc2N)c(=O)n(C2CCCC2)c2nc(Nc3ccc(N4CCNCC4)cn3)ncc12. The van der Waals surface area contributed by atoms with Gasteiger partial charge in [-0.1, -0.05) is 36.8 Å². The molecule has 0 amide bonds. The van der Waals surface area contributed by atoms with Gasteiger partial charge in [-0.05, 0) is 49.6 Å². The number of benzene rings is 1. The number of nitrogens with one attached hydrogen (secondary N) is 2. The molecule has 9 heteroatoms. The number of pyridine rings is 2. The van der Waals surface area contributed by atoms with Crippen LogP contribution < -0.4 is 26.8 Å². The van der Waals surface area contributed by atoms with Gasteiger partial charge in [-0.2, -0.15) is 4.98 Å². The number of rotatable bonds is 4. The number of fused-ring (bicyclic) bond motifs is 1. The summed E-state index contributed by atoms with van der Waals surface area (Å²) in [5, 5.41) is 7.42. The van der Waals surface area contributed by atoms with Gasteiger partial charge in [-0.3, -0.25) is 9.36 Å². The molecule has 0 atom stereocenters. The van der Waals surface area contributed by atoms with Crippen LogP contribution in [0.4, 0.5) is 23.1 Å². The van der Waals surface area contributed by atoms with E-state index in [1.807, 2.05) is 48.0 Å². The van der Waals surface area contributed by atoms with Crippen LogP contribution in [0.5, 0.6) is 0 Å². The molecule has 2 aliphatic rings. The highest BCUT2D eigenvalue weighted by atomic mass is 16.1. The predicted octanol–water partition coefficient (Wildman–Crippen LogP) is 3.75. The lowest BCUT2D eigenvalue weighted by Crippen LogP contribution is -2.43. The number of piperazine rings is 1. The first-order valence-electron chi connectivity index (χ1n) is 13.6. The third-order valence-corrected chi connectivity index (χ3v) is 7.65. The molecular formula is C30H32N8O. The van der Waals surface area contributed by atoms with Crippen LogP contribution in [-0.2, 0) is 0 Å². The van der Waals surface area contributed by atoms with Gasteiger partial charge in [0.15, 0.2) is 0 Å². The number of nitrogens with zero attached hydrogens (tertiary/aromatic N) is 5. The van der Waals surface area contributed by atoms with Crippen LogP contribution in [0.2, 0.25) is 0 Å². The Morgan fingerprint density at radius 3 is 2.56 bits per heavy atom. The highest BCUT2D eigenvalue weighted by Gasteiger charge is 2.24. The number of nitrogens with two attached hydrogens (primary N) is 1. The van der Waals surface area contributed by atoms with Crippen molar-refractivity contribution in [1.29, 1.82) is 0 Å². The van der Waals surface area contributed by atoms with Crippen LogP contribution in [0.15, 0.2) is 53.6 Å². The summed E-state index contributed by atoms with van der Waals surface area (Å²) < 4.78 is 1.83. The summed E-state index contributed by atoms with van der Waals surface area (Å²) in [6.07, 6.45) is 7.72. The lowest BCUT2D eigenvalue weighted by molar-refractivity contribution is 0.515. The van der Waals surface area contributed by atoms with E-state index in [1.54, 1.807) is 6.20 Å². The molecule has 0 unspecified atom stereocenters. The van der Waals surface area contributed by atoms with Crippen molar-refractivity contribution in [1.82, 2.24) is 24.8 Å². The van der Waals surface area contributed by atoms with Crippen LogP contribution in [0.3, 0.4) is 0 Å². The Morgan fingerprint density at radius 1 is 1.03 bits per heavy atom. The maximum atomic E-state index is 13.9. The molecule has 39 heavy (non-hydrogen) atoms. The number of aromatic nitrogens is 4. The number of hydrogen-bond acceptors (Lipinski definition) is 8. The standard InChI is InChI=1S/C30H32N8O/c1-20-24(12-10-21-6-2-5-9-26(21)31)29(39)38(22-7-3-4-8-22)28-25(20)19-34-30(36-28)35-27-13-11-23(18-33-27)37-16-14-32-15-17-37/h2,5-6,9,11,13,18-19,22,32H,3-4,7-8,14-17,31H2,1H3,(H,33,34,35,36). The van der Waals surface area contributed by atoms with E-state index in [-0.39, 0.29) is 11.6 Å². The molecule has 4 heterocycles. The summed E-state index contributed by atoms with van der Waals surface area (Å²) >= 11 is 0. The minimum absolute atomic E-state index is 0.0853. The molecular weight excluding hydrogens is 488 g/mol. The van der Waals surface area contributed by atoms with Gasteiger partial charge >= 0.3 is 0 Å². The molecule has 0 radical (unpaired) electrons. The Morgan fingerprint density at radius 2 is 1.82 bits per heavy atom. The zero-order valence-electron chi connectivity index (χ0n) is 22.1. The Kier molecular flexibility index (Phi) is 6.86. The normalized spacial score (nSPS) is 15.8. The van der Waals surface area contributed by atoms with Gasteiger partial charge in [0.25, 0.3) is 5.56 Å². The monoisotopic (exact) mass is 520 g/mol. The molecule has 1 saturated heterocycles. The van der Waals surface area contributed by atoms with Crippen molar-refractivity contribution in [3.63, 3.8) is 0 Å². The molecule has 9 nitrogen and oxygen atoms in total. The van der Waals surface area contributed by atoms with Crippen LogP contribution >= 0.6 is 0 Å². The molecule has 0 spiro atoms. The molecule has 6 rings (SSSR count). The van der Waals surface area contributed by atoms with E-state index < -0.39 is 0 Å². The van der Waals surface area contributed by atoms with E-state index in [0.29, 0.717) is 34.2 Å². The zero-order chi connectivity index (χ0) is 26.8. The van der Waals surface area contributed by atoms with E-state index in [1.165, 1.54) is 0 Å². The molecule has 1 aliphatic carbocycles. The van der Waals surface area contributed by atoms with E-state index in [4.69, 9.17) is 10.7 Å². The zero-order valence-corrected chi connectivity index (χ0v) is 22.1. The highest BCUT2D eigenvalue weighted by Crippen LogP contribution is 2.32. The quantitative estimate of drug-likeness (QED) is 0.275. The second-order valence-electron chi connectivity index (χ2n) is 10.1. The third kappa shape index (κ3) is 5.03. The average Bonchev–Trinajstić information content (AvgIpc) is 3.49. The Bertz CT molecular complexity index is 1620. The number of nitrogen functional groups attached to an aromatic ring is 1. The molecule has 198 valence electrons. The van der Waals surface area contributed by atoms with Crippen LogP contribution in [0.25, 0.3) is 11.0 Å². The van der Waals surface area contributed by atoms with E-state index >= 15 is 0 Å². The van der Waals surface area contributed by atoms with Crippen LogP contribution in [0, 0.1) is 18.8 Å². The van der Waals surface area contributed by atoms with Crippen molar-refractivity contribution in [2.75, 3.05) is 42.1 Å². The minimum atomic E-state index is -0.114. The lowest BCUT2D eigenvalue weighted by atomic mass is 10.1. The number of hydrogen-bond donors (Lipinski definition) is 3. The van der Waals surface area contributed by atoms with Crippen LogP contribution in [-0.4, -0.2) is 45.7 Å². The van der Waals surface area contributed by atoms with Gasteiger partial charge in [0.2, 0.25) is 5.95 Å². The first-order valence-corrected chi connectivity index (χ1v) is 13.6. The molecule has 4 aromatic rings. The second-order valence-corrected chi connectivity index (χ2v) is 10.1. The summed E-state index contributed by atoms with van der Waals surface area (Å²) in [4.78, 5) is 30.2. The molecule has 1 saturated carbocycles. The fraction of sp³-hybridized carbons (Fsp3) is 0.333. The maximum absolute atomic E-state index is 13.9.